The number of nitrogens with zero attached hydrogens (tertiary/aromatic N) is 4. The number of nitrogens with one attached hydrogen (secondary N) is 1. The molecule has 0 spiro atoms. The van der Waals surface area contributed by atoms with E-state index in [1.165, 1.54) is 12.3 Å². The van der Waals surface area contributed by atoms with Crippen molar-refractivity contribution in [3.8, 4) is 11.4 Å². The number of piperidine rings is 1. The fourth-order valence-corrected chi connectivity index (χ4v) is 5.30. The van der Waals surface area contributed by atoms with Gasteiger partial charge in [0.05, 0.1) is 0 Å². The van der Waals surface area contributed by atoms with Crippen LogP contribution in [-0.4, -0.2) is 44.3 Å². The second-order valence-corrected chi connectivity index (χ2v) is 9.46. The number of amides is 2. The number of likely N-dealkylation sites (tertiary alicyclic amines) is 1. The minimum absolute atomic E-state index is 0.00992. The summed E-state index contributed by atoms with van der Waals surface area (Å²) in [6.07, 6.45) is 3.45. The Balaban J connectivity index is 1.28. The Labute approximate surface area is 214 Å². The number of aromatic nitrogens is 3. The highest BCUT2D eigenvalue weighted by molar-refractivity contribution is 5.97. The highest BCUT2D eigenvalue weighted by Gasteiger charge is 2.28. The van der Waals surface area contributed by atoms with E-state index in [0.717, 1.165) is 40.8 Å². The third-order valence-corrected chi connectivity index (χ3v) is 7.05. The molecule has 7 heteroatoms. The molecule has 0 atom stereocenters. The van der Waals surface area contributed by atoms with Gasteiger partial charge in [0.25, 0.3) is 5.91 Å². The summed E-state index contributed by atoms with van der Waals surface area (Å²) in [5, 5.41) is 5.08. The number of fused-ring (bicyclic) bond motifs is 2. The van der Waals surface area contributed by atoms with Crippen molar-refractivity contribution in [3.63, 3.8) is 0 Å². The zero-order valence-corrected chi connectivity index (χ0v) is 20.6. The zero-order valence-electron chi connectivity index (χ0n) is 20.6. The molecular formula is C30H27N5O2. The first kappa shape index (κ1) is 22.9. The van der Waals surface area contributed by atoms with E-state index in [2.05, 4.69) is 52.3 Å². The van der Waals surface area contributed by atoms with Gasteiger partial charge in [0.2, 0.25) is 5.91 Å². The number of hydrogen-bond donors (Lipinski definition) is 1. The quantitative estimate of drug-likeness (QED) is 0.352. The number of carbonyl (C=O) groups excluding carboxylic acids is 2. The monoisotopic (exact) mass is 489 g/mol. The van der Waals surface area contributed by atoms with Gasteiger partial charge in [0.1, 0.15) is 11.3 Å². The van der Waals surface area contributed by atoms with E-state index in [-0.39, 0.29) is 17.9 Å². The Morgan fingerprint density at radius 1 is 0.892 bits per heavy atom. The Morgan fingerprint density at radius 3 is 2.43 bits per heavy atom. The lowest BCUT2D eigenvalue weighted by Crippen LogP contribution is -2.39. The second-order valence-electron chi connectivity index (χ2n) is 9.46. The maximum absolute atomic E-state index is 13.2. The first-order valence-corrected chi connectivity index (χ1v) is 12.6. The summed E-state index contributed by atoms with van der Waals surface area (Å²) in [6.45, 7) is 2.77. The van der Waals surface area contributed by atoms with Gasteiger partial charge in [-0.15, -0.1) is 0 Å². The molecule has 1 saturated heterocycles. The molecule has 1 N–H and O–H groups in total. The number of imidazole rings is 1. The molecule has 7 nitrogen and oxygen atoms in total. The number of pyridine rings is 1. The van der Waals surface area contributed by atoms with Crippen LogP contribution in [0, 0.1) is 0 Å². The molecule has 0 aliphatic carbocycles. The van der Waals surface area contributed by atoms with Gasteiger partial charge in [-0.25, -0.2) is 9.97 Å². The zero-order chi connectivity index (χ0) is 25.4. The van der Waals surface area contributed by atoms with Crippen LogP contribution in [-0.2, 0) is 4.79 Å². The lowest BCUT2D eigenvalue weighted by molar-refractivity contribution is -0.114. The molecule has 6 rings (SSSR count). The molecule has 0 unspecified atom stereocenters. The van der Waals surface area contributed by atoms with E-state index >= 15 is 0 Å². The highest BCUT2D eigenvalue weighted by Crippen LogP contribution is 2.35. The predicted molar refractivity (Wildman–Crippen MR) is 145 cm³/mol. The topological polar surface area (TPSA) is 80.1 Å². The van der Waals surface area contributed by atoms with Crippen molar-refractivity contribution < 1.29 is 9.59 Å². The van der Waals surface area contributed by atoms with Crippen LogP contribution >= 0.6 is 0 Å². The summed E-state index contributed by atoms with van der Waals surface area (Å²) in [6, 6.07) is 25.9. The molecule has 5 aromatic rings. The Morgan fingerprint density at radius 2 is 1.65 bits per heavy atom. The van der Waals surface area contributed by atoms with Crippen molar-refractivity contribution in [2.45, 2.75) is 25.8 Å². The molecule has 3 heterocycles. The Hall–Kier alpha value is -4.52. The average molecular weight is 490 g/mol. The van der Waals surface area contributed by atoms with Crippen molar-refractivity contribution in [1.29, 1.82) is 0 Å². The van der Waals surface area contributed by atoms with Gasteiger partial charge < -0.3 is 14.8 Å². The number of anilines is 1. The van der Waals surface area contributed by atoms with Gasteiger partial charge in [-0.3, -0.25) is 9.59 Å². The van der Waals surface area contributed by atoms with Crippen molar-refractivity contribution in [2.75, 3.05) is 18.4 Å². The molecule has 0 saturated carbocycles. The molecule has 37 heavy (non-hydrogen) atoms. The maximum Gasteiger partial charge on any atom is 0.253 e. The van der Waals surface area contributed by atoms with Gasteiger partial charge >= 0.3 is 0 Å². The smallest absolute Gasteiger partial charge is 0.253 e. The lowest BCUT2D eigenvalue weighted by Gasteiger charge is -2.33. The fraction of sp³-hybridized carbons (Fsp3) is 0.200. The van der Waals surface area contributed by atoms with Crippen LogP contribution in [0.4, 0.5) is 5.69 Å². The Kier molecular flexibility index (Phi) is 5.88. The summed E-state index contributed by atoms with van der Waals surface area (Å²) in [4.78, 5) is 36.1. The van der Waals surface area contributed by atoms with E-state index in [4.69, 9.17) is 9.97 Å². The van der Waals surface area contributed by atoms with Crippen LogP contribution < -0.4 is 5.32 Å². The summed E-state index contributed by atoms with van der Waals surface area (Å²) in [5.41, 5.74) is 4.16. The molecule has 0 bridgehead atoms. The highest BCUT2D eigenvalue weighted by atomic mass is 16.2. The van der Waals surface area contributed by atoms with Crippen molar-refractivity contribution >= 4 is 39.4 Å². The van der Waals surface area contributed by atoms with Crippen LogP contribution in [0.2, 0.25) is 0 Å². The summed E-state index contributed by atoms with van der Waals surface area (Å²) in [5.74, 6) is 0.796. The summed E-state index contributed by atoms with van der Waals surface area (Å²) in [7, 11) is 0. The Bertz CT molecular complexity index is 1610. The van der Waals surface area contributed by atoms with Gasteiger partial charge in [-0.1, -0.05) is 42.5 Å². The first-order chi connectivity index (χ1) is 18.1. The van der Waals surface area contributed by atoms with Gasteiger partial charge in [-0.05, 0) is 60.0 Å². The third-order valence-electron chi connectivity index (χ3n) is 7.05. The van der Waals surface area contributed by atoms with Gasteiger partial charge in [0.15, 0.2) is 5.65 Å². The number of rotatable bonds is 4. The van der Waals surface area contributed by atoms with Crippen LogP contribution in [0.3, 0.4) is 0 Å². The molecule has 2 aromatic heterocycles. The molecule has 1 aliphatic heterocycles. The van der Waals surface area contributed by atoms with E-state index < -0.39 is 0 Å². The first-order valence-electron chi connectivity index (χ1n) is 12.6. The predicted octanol–water partition coefficient (Wildman–Crippen LogP) is 5.69. The molecule has 184 valence electrons. The third kappa shape index (κ3) is 4.33. The molecule has 3 aromatic carbocycles. The maximum atomic E-state index is 13.2. The normalized spacial score (nSPS) is 14.2. The molecular weight excluding hydrogens is 462 g/mol. The molecule has 1 aliphatic rings. The minimum Gasteiger partial charge on any atom is -0.338 e. The van der Waals surface area contributed by atoms with Crippen LogP contribution in [0.5, 0.6) is 0 Å². The van der Waals surface area contributed by atoms with E-state index in [0.29, 0.717) is 24.3 Å². The van der Waals surface area contributed by atoms with Crippen molar-refractivity contribution in [3.05, 3.63) is 90.6 Å². The van der Waals surface area contributed by atoms with E-state index in [1.54, 1.807) is 24.3 Å². The van der Waals surface area contributed by atoms with Crippen LogP contribution in [0.1, 0.15) is 36.2 Å². The number of hydrogen-bond acceptors (Lipinski definition) is 4. The molecule has 0 radical (unpaired) electrons. The largest absolute Gasteiger partial charge is 0.338 e. The van der Waals surface area contributed by atoms with E-state index in [9.17, 15) is 9.59 Å². The minimum atomic E-state index is -0.134. The SMILES string of the molecule is CC(=O)Nc1ccc(C(=O)N2CCC(n3c(-c4cccc5ccccc45)nc4cccnc43)CC2)cc1. The number of carbonyl (C=O) groups is 2. The standard InChI is InChI=1S/C30H27N5O2/c1-20(36)32-23-13-11-22(12-14-23)30(37)34-18-15-24(16-19-34)35-28(33-27-10-5-17-31-29(27)35)26-9-4-7-21-6-2-3-8-25(21)26/h2-14,17,24H,15-16,18-19H2,1H3,(H,32,36). The van der Waals surface area contributed by atoms with E-state index in [1.807, 2.05) is 23.2 Å². The average Bonchev–Trinajstić information content (AvgIpc) is 3.32. The summed E-state index contributed by atoms with van der Waals surface area (Å²) < 4.78 is 2.28. The van der Waals surface area contributed by atoms with Crippen molar-refractivity contribution in [1.82, 2.24) is 19.4 Å². The second kappa shape index (κ2) is 9.50. The van der Waals surface area contributed by atoms with Gasteiger partial charge in [0, 0.05) is 49.1 Å². The number of benzene rings is 3. The van der Waals surface area contributed by atoms with Gasteiger partial charge in [-0.2, -0.15) is 0 Å². The lowest BCUT2D eigenvalue weighted by atomic mass is 10.0. The molecule has 1 fully saturated rings. The van der Waals surface area contributed by atoms with Crippen LogP contribution in [0.25, 0.3) is 33.3 Å². The fourth-order valence-electron chi connectivity index (χ4n) is 5.30. The van der Waals surface area contributed by atoms with Crippen LogP contribution in [0.15, 0.2) is 85.1 Å². The summed E-state index contributed by atoms with van der Waals surface area (Å²) >= 11 is 0. The molecule has 2 amide bonds. The van der Waals surface area contributed by atoms with Crippen molar-refractivity contribution in [2.24, 2.45) is 0 Å².